The van der Waals surface area contributed by atoms with Gasteiger partial charge < -0.3 is 15.2 Å². The topological polar surface area (TPSA) is 68.3 Å². The second kappa shape index (κ2) is 6.26. The average molecular weight is 283 g/mol. The van der Waals surface area contributed by atoms with Gasteiger partial charge in [0.25, 0.3) is 0 Å². The maximum Gasteiger partial charge on any atom is 0.132 e. The van der Waals surface area contributed by atoms with Crippen LogP contribution in [0.15, 0.2) is 18.2 Å². The highest BCUT2D eigenvalue weighted by molar-refractivity contribution is 6.34. The smallest absolute Gasteiger partial charge is 0.132 e. The fourth-order valence-electron chi connectivity index (χ4n) is 2.47. The summed E-state index contributed by atoms with van der Waals surface area (Å²) in [4.78, 5) is 0. The highest BCUT2D eigenvalue weighted by Gasteiger charge is 2.24. The van der Waals surface area contributed by atoms with Crippen molar-refractivity contribution in [2.45, 2.75) is 37.9 Å². The van der Waals surface area contributed by atoms with Crippen LogP contribution in [0.25, 0.3) is 0 Å². The molecule has 2 unspecified atom stereocenters. The van der Waals surface area contributed by atoms with Crippen molar-refractivity contribution in [2.24, 2.45) is 5.73 Å². The Morgan fingerprint density at radius 2 is 2.11 bits per heavy atom. The largest absolute Gasteiger partial charge is 0.490 e. The van der Waals surface area contributed by atoms with Crippen LogP contribution in [0, 0.1) is 5.41 Å². The van der Waals surface area contributed by atoms with E-state index in [0.29, 0.717) is 16.3 Å². The fourth-order valence-corrected chi connectivity index (χ4v) is 2.73. The van der Waals surface area contributed by atoms with Crippen LogP contribution in [0.5, 0.6) is 5.75 Å². The molecule has 1 aliphatic rings. The van der Waals surface area contributed by atoms with E-state index >= 15 is 0 Å². The van der Waals surface area contributed by atoms with Crippen LogP contribution in [0.2, 0.25) is 5.02 Å². The molecule has 0 aliphatic heterocycles. The van der Waals surface area contributed by atoms with Crippen LogP contribution in [0.1, 0.15) is 31.2 Å². The summed E-state index contributed by atoms with van der Waals surface area (Å²) in [7, 11) is 1.73. The summed E-state index contributed by atoms with van der Waals surface area (Å²) in [5.74, 6) is 0.515. The Kier molecular flexibility index (Phi) is 4.66. The number of rotatable bonds is 4. The number of amidine groups is 1. The van der Waals surface area contributed by atoms with Gasteiger partial charge in [-0.05, 0) is 31.4 Å². The zero-order valence-corrected chi connectivity index (χ0v) is 11.7. The predicted octanol–water partition coefficient (Wildman–Crippen LogP) is 2.96. The molecule has 0 amide bonds. The maximum atomic E-state index is 7.60. The molecule has 5 heteroatoms. The molecule has 3 N–H and O–H groups in total. The molecular formula is C14H19ClN2O2. The number of methoxy groups -OCH3 is 1. The normalized spacial score (nSPS) is 23.1. The molecule has 104 valence electrons. The van der Waals surface area contributed by atoms with Gasteiger partial charge in [0.1, 0.15) is 17.7 Å². The second-order valence-electron chi connectivity index (χ2n) is 4.79. The Balaban J connectivity index is 2.14. The van der Waals surface area contributed by atoms with Crippen molar-refractivity contribution in [3.63, 3.8) is 0 Å². The van der Waals surface area contributed by atoms with Gasteiger partial charge in [-0.1, -0.05) is 17.7 Å². The van der Waals surface area contributed by atoms with E-state index in [1.807, 2.05) is 0 Å². The first-order valence-corrected chi connectivity index (χ1v) is 6.82. The first-order valence-electron chi connectivity index (χ1n) is 6.44. The summed E-state index contributed by atoms with van der Waals surface area (Å²) >= 11 is 6.07. The predicted molar refractivity (Wildman–Crippen MR) is 76.1 cm³/mol. The van der Waals surface area contributed by atoms with E-state index < -0.39 is 0 Å². The van der Waals surface area contributed by atoms with E-state index in [0.717, 1.165) is 25.7 Å². The van der Waals surface area contributed by atoms with Crippen LogP contribution in [0.4, 0.5) is 0 Å². The van der Waals surface area contributed by atoms with Gasteiger partial charge >= 0.3 is 0 Å². The molecule has 1 aromatic carbocycles. The lowest BCUT2D eigenvalue weighted by Crippen LogP contribution is -2.30. The van der Waals surface area contributed by atoms with E-state index in [4.69, 9.17) is 32.2 Å². The minimum absolute atomic E-state index is 0.0697. The first-order chi connectivity index (χ1) is 9.11. The monoisotopic (exact) mass is 282 g/mol. The standard InChI is InChI=1S/C14H19ClN2O2/c1-18-9-4-2-5-10(8-9)19-12-7-3-6-11(15)13(12)14(16)17/h3,6-7,9-10H,2,4-5,8H2,1H3,(H3,16,17). The first kappa shape index (κ1) is 14.2. The summed E-state index contributed by atoms with van der Waals surface area (Å²) in [6.45, 7) is 0. The molecule has 1 saturated carbocycles. The van der Waals surface area contributed by atoms with Gasteiger partial charge in [-0.25, -0.2) is 0 Å². The molecule has 0 saturated heterocycles. The van der Waals surface area contributed by atoms with Crippen molar-refractivity contribution >= 4 is 17.4 Å². The molecular weight excluding hydrogens is 264 g/mol. The zero-order valence-electron chi connectivity index (χ0n) is 11.0. The summed E-state index contributed by atoms with van der Waals surface area (Å²) < 4.78 is 11.4. The molecule has 1 aliphatic carbocycles. The zero-order chi connectivity index (χ0) is 13.8. The Morgan fingerprint density at radius 3 is 2.79 bits per heavy atom. The van der Waals surface area contributed by atoms with Crippen LogP contribution in [-0.4, -0.2) is 25.2 Å². The van der Waals surface area contributed by atoms with Gasteiger partial charge in [-0.3, -0.25) is 5.41 Å². The number of hydrogen-bond acceptors (Lipinski definition) is 3. The molecule has 0 radical (unpaired) electrons. The highest BCUT2D eigenvalue weighted by Crippen LogP contribution is 2.30. The third-order valence-corrected chi connectivity index (χ3v) is 3.76. The van der Waals surface area contributed by atoms with E-state index in [2.05, 4.69) is 0 Å². The summed E-state index contributed by atoms with van der Waals surface area (Å²) in [5, 5.41) is 8.05. The number of benzene rings is 1. The number of nitrogens with one attached hydrogen (secondary N) is 1. The number of nitrogen functional groups attached to an aromatic ring is 1. The molecule has 19 heavy (non-hydrogen) atoms. The SMILES string of the molecule is COC1CCCC(Oc2cccc(Cl)c2C(=N)N)C1. The molecule has 2 atom stereocenters. The Hall–Kier alpha value is -1.26. The van der Waals surface area contributed by atoms with E-state index in [9.17, 15) is 0 Å². The molecule has 1 fully saturated rings. The third kappa shape index (κ3) is 3.39. The quantitative estimate of drug-likeness (QED) is 0.659. The molecule has 0 heterocycles. The lowest BCUT2D eigenvalue weighted by molar-refractivity contribution is 0.0209. The van der Waals surface area contributed by atoms with Gasteiger partial charge in [-0.2, -0.15) is 0 Å². The van der Waals surface area contributed by atoms with Gasteiger partial charge in [0.05, 0.1) is 16.7 Å². The van der Waals surface area contributed by atoms with Crippen LogP contribution >= 0.6 is 11.6 Å². The van der Waals surface area contributed by atoms with E-state index in [1.165, 1.54) is 0 Å². The molecule has 4 nitrogen and oxygen atoms in total. The maximum absolute atomic E-state index is 7.60. The lowest BCUT2D eigenvalue weighted by Gasteiger charge is -2.29. The molecule has 0 aromatic heterocycles. The lowest BCUT2D eigenvalue weighted by atomic mass is 9.95. The third-order valence-electron chi connectivity index (χ3n) is 3.45. The van der Waals surface area contributed by atoms with Crippen LogP contribution in [0.3, 0.4) is 0 Å². The number of halogens is 1. The molecule has 1 aromatic rings. The molecule has 0 spiro atoms. The van der Waals surface area contributed by atoms with Crippen molar-refractivity contribution in [1.82, 2.24) is 0 Å². The number of ether oxygens (including phenoxy) is 2. The Morgan fingerprint density at radius 1 is 1.37 bits per heavy atom. The van der Waals surface area contributed by atoms with Crippen molar-refractivity contribution in [3.8, 4) is 5.75 Å². The molecule has 0 bridgehead atoms. The van der Waals surface area contributed by atoms with Crippen molar-refractivity contribution in [3.05, 3.63) is 28.8 Å². The average Bonchev–Trinajstić information content (AvgIpc) is 2.38. The summed E-state index contributed by atoms with van der Waals surface area (Å²) in [5.41, 5.74) is 6.04. The minimum atomic E-state index is -0.0697. The van der Waals surface area contributed by atoms with Crippen molar-refractivity contribution in [2.75, 3.05) is 7.11 Å². The van der Waals surface area contributed by atoms with Gasteiger partial charge in [-0.15, -0.1) is 0 Å². The van der Waals surface area contributed by atoms with Crippen LogP contribution in [-0.2, 0) is 4.74 Å². The Bertz CT molecular complexity index is 465. The Labute approximate surface area is 118 Å². The number of hydrogen-bond donors (Lipinski definition) is 2. The van der Waals surface area contributed by atoms with Gasteiger partial charge in [0, 0.05) is 13.5 Å². The number of nitrogens with two attached hydrogens (primary N) is 1. The van der Waals surface area contributed by atoms with Gasteiger partial charge in [0.15, 0.2) is 0 Å². The van der Waals surface area contributed by atoms with E-state index in [-0.39, 0.29) is 18.0 Å². The minimum Gasteiger partial charge on any atom is -0.490 e. The van der Waals surface area contributed by atoms with Crippen molar-refractivity contribution < 1.29 is 9.47 Å². The van der Waals surface area contributed by atoms with Gasteiger partial charge in [0.2, 0.25) is 0 Å². The second-order valence-corrected chi connectivity index (χ2v) is 5.20. The van der Waals surface area contributed by atoms with Crippen LogP contribution < -0.4 is 10.5 Å². The van der Waals surface area contributed by atoms with Crippen molar-refractivity contribution in [1.29, 1.82) is 5.41 Å². The fraction of sp³-hybridized carbons (Fsp3) is 0.500. The summed E-state index contributed by atoms with van der Waals surface area (Å²) in [6.07, 6.45) is 4.35. The summed E-state index contributed by atoms with van der Waals surface area (Å²) in [6, 6.07) is 5.32. The molecule has 2 rings (SSSR count). The highest BCUT2D eigenvalue weighted by atomic mass is 35.5. The van der Waals surface area contributed by atoms with E-state index in [1.54, 1.807) is 25.3 Å².